The van der Waals surface area contributed by atoms with Gasteiger partial charge >= 0.3 is 6.03 Å². The Hall–Kier alpha value is -1.96. The number of piperidine rings is 1. The molecule has 3 amide bonds. The lowest BCUT2D eigenvalue weighted by molar-refractivity contribution is -0.136. The Labute approximate surface area is 228 Å². The number of carbonyl (C=O) groups excluding carboxylic acids is 3. The van der Waals surface area contributed by atoms with E-state index < -0.39 is 5.54 Å². The maximum atomic E-state index is 13.9. The number of halogens is 1. The molecule has 206 valence electrons. The summed E-state index contributed by atoms with van der Waals surface area (Å²) in [4.78, 5) is 45.7. The van der Waals surface area contributed by atoms with Gasteiger partial charge in [0.1, 0.15) is 5.54 Å². The third-order valence-corrected chi connectivity index (χ3v) is 8.23. The van der Waals surface area contributed by atoms with Crippen molar-refractivity contribution in [3.63, 3.8) is 0 Å². The van der Waals surface area contributed by atoms with E-state index in [1.807, 2.05) is 11.0 Å². The normalized spacial score (nSPS) is 25.2. The molecule has 0 aromatic heterocycles. The Morgan fingerprint density at radius 3 is 2.27 bits per heavy atom. The largest absolute Gasteiger partial charge is 0.327 e. The summed E-state index contributed by atoms with van der Waals surface area (Å²) in [5, 5.41) is 3.56. The summed E-state index contributed by atoms with van der Waals surface area (Å²) < 4.78 is 0. The highest BCUT2D eigenvalue weighted by Gasteiger charge is 2.57. The van der Waals surface area contributed by atoms with Crippen LogP contribution in [0.4, 0.5) is 4.79 Å². The lowest BCUT2D eigenvalue weighted by atomic mass is 9.76. The van der Waals surface area contributed by atoms with Gasteiger partial charge in [-0.1, -0.05) is 65.0 Å². The van der Waals surface area contributed by atoms with Gasteiger partial charge in [-0.15, -0.1) is 12.4 Å². The van der Waals surface area contributed by atoms with E-state index in [4.69, 9.17) is 0 Å². The molecule has 3 saturated heterocycles. The first-order chi connectivity index (χ1) is 16.9. The molecule has 1 N–H and O–H groups in total. The van der Waals surface area contributed by atoms with Gasteiger partial charge in [0, 0.05) is 58.0 Å². The number of nitrogens with one attached hydrogen (secondary N) is 1. The lowest BCUT2D eigenvalue weighted by Crippen LogP contribution is -2.60. The van der Waals surface area contributed by atoms with Crippen LogP contribution in [0.15, 0.2) is 30.3 Å². The highest BCUT2D eigenvalue weighted by Crippen LogP contribution is 2.41. The first-order valence-corrected chi connectivity index (χ1v) is 13.6. The van der Waals surface area contributed by atoms with Crippen molar-refractivity contribution in [2.45, 2.75) is 71.4 Å². The molecule has 1 unspecified atom stereocenters. The summed E-state index contributed by atoms with van der Waals surface area (Å²) in [6.45, 7) is 14.1. The highest BCUT2D eigenvalue weighted by molar-refractivity contribution is 6.06. The minimum absolute atomic E-state index is 0. The molecule has 3 atom stereocenters. The van der Waals surface area contributed by atoms with E-state index in [0.717, 1.165) is 13.1 Å². The van der Waals surface area contributed by atoms with Crippen LogP contribution in [0, 0.1) is 17.3 Å². The number of rotatable bonds is 7. The summed E-state index contributed by atoms with van der Waals surface area (Å²) in [7, 11) is 1.60. The fourth-order valence-electron chi connectivity index (χ4n) is 6.59. The molecule has 4 rings (SSSR count). The molecule has 3 aliphatic heterocycles. The van der Waals surface area contributed by atoms with Crippen molar-refractivity contribution in [3.05, 3.63) is 35.9 Å². The number of likely N-dealkylation sites (N-methyl/N-ethyl adjacent to an activating group) is 1. The number of amides is 3. The van der Waals surface area contributed by atoms with Gasteiger partial charge in [-0.25, -0.2) is 4.79 Å². The van der Waals surface area contributed by atoms with Crippen molar-refractivity contribution in [1.82, 2.24) is 20.0 Å². The number of imide groups is 1. The van der Waals surface area contributed by atoms with Gasteiger partial charge in [-0.05, 0) is 29.7 Å². The Bertz CT molecular complexity index is 969. The number of hydrogen-bond acceptors (Lipinski definition) is 5. The fraction of sp³-hybridized carbons (Fsp3) is 0.690. The smallest absolute Gasteiger partial charge is 0.316 e. The maximum absolute atomic E-state index is 13.9. The summed E-state index contributed by atoms with van der Waals surface area (Å²) in [5.74, 6) is 0.925. The molecule has 8 heteroatoms. The van der Waals surface area contributed by atoms with E-state index in [9.17, 15) is 14.4 Å². The van der Waals surface area contributed by atoms with E-state index >= 15 is 0 Å². The third kappa shape index (κ3) is 5.89. The number of hydrogen-bond donors (Lipinski definition) is 1. The van der Waals surface area contributed by atoms with E-state index in [0.29, 0.717) is 38.9 Å². The second kappa shape index (κ2) is 11.4. The van der Waals surface area contributed by atoms with Crippen LogP contribution in [0.25, 0.3) is 0 Å². The average molecular weight is 533 g/mol. The second-order valence-electron chi connectivity index (χ2n) is 12.7. The van der Waals surface area contributed by atoms with Crippen LogP contribution in [-0.2, 0) is 9.59 Å². The number of ketones is 1. The van der Waals surface area contributed by atoms with Gasteiger partial charge in [0.15, 0.2) is 5.78 Å². The second-order valence-corrected chi connectivity index (χ2v) is 12.7. The third-order valence-electron chi connectivity index (χ3n) is 8.23. The zero-order valence-electron chi connectivity index (χ0n) is 23.3. The fourth-order valence-corrected chi connectivity index (χ4v) is 6.59. The maximum Gasteiger partial charge on any atom is 0.327 e. The van der Waals surface area contributed by atoms with Crippen molar-refractivity contribution >= 4 is 30.1 Å². The molecule has 1 aromatic rings. The van der Waals surface area contributed by atoms with Crippen LogP contribution in [0.5, 0.6) is 0 Å². The molecule has 0 saturated carbocycles. The molecular weight excluding hydrogens is 488 g/mol. The van der Waals surface area contributed by atoms with Gasteiger partial charge in [0.2, 0.25) is 0 Å². The summed E-state index contributed by atoms with van der Waals surface area (Å²) >= 11 is 0. The SMILES string of the molecule is CC(C)CN1C(=O)N(C)C(=O)C12CCN(C(C(=O)CC(C)(C)C)[C@@H]1CNC[C@@H]1c1ccccc1)CC2.Cl. The van der Waals surface area contributed by atoms with Crippen LogP contribution >= 0.6 is 12.4 Å². The Balaban J connectivity index is 0.00000380. The number of likely N-dealkylation sites (tertiary alicyclic amines) is 1. The van der Waals surface area contributed by atoms with E-state index in [1.165, 1.54) is 10.5 Å². The molecule has 1 spiro atoms. The minimum Gasteiger partial charge on any atom is -0.316 e. The van der Waals surface area contributed by atoms with Crippen molar-refractivity contribution in [3.8, 4) is 0 Å². The van der Waals surface area contributed by atoms with Crippen LogP contribution in [0.2, 0.25) is 0 Å². The standard InChI is InChI=1S/C29H44N4O3.ClH/c1-20(2)19-33-27(36)31(6)26(35)29(33)12-14-32(15-13-29)25(24(34)16-28(3,4)5)23-18-30-17-22(23)21-10-8-7-9-11-21;/h7-11,20,22-23,25,30H,12-19H2,1-6H3;1H/t22-,23-,25?;/m1./s1. The molecule has 7 nitrogen and oxygen atoms in total. The minimum atomic E-state index is -0.781. The van der Waals surface area contributed by atoms with Crippen LogP contribution in [0.3, 0.4) is 0 Å². The van der Waals surface area contributed by atoms with Crippen LogP contribution < -0.4 is 5.32 Å². The summed E-state index contributed by atoms with van der Waals surface area (Å²) in [6.07, 6.45) is 1.67. The zero-order valence-corrected chi connectivity index (χ0v) is 24.1. The van der Waals surface area contributed by atoms with E-state index in [1.54, 1.807) is 7.05 Å². The molecule has 0 bridgehead atoms. The monoisotopic (exact) mass is 532 g/mol. The number of urea groups is 1. The van der Waals surface area contributed by atoms with E-state index in [-0.39, 0.29) is 59.3 Å². The first-order valence-electron chi connectivity index (χ1n) is 13.6. The number of benzene rings is 1. The number of nitrogens with zero attached hydrogens (tertiary/aromatic N) is 3. The topological polar surface area (TPSA) is 73.0 Å². The van der Waals surface area contributed by atoms with Crippen molar-refractivity contribution < 1.29 is 14.4 Å². The van der Waals surface area contributed by atoms with Gasteiger partial charge in [0.05, 0.1) is 6.04 Å². The highest BCUT2D eigenvalue weighted by atomic mass is 35.5. The van der Waals surface area contributed by atoms with Crippen molar-refractivity contribution in [1.29, 1.82) is 0 Å². The molecule has 3 fully saturated rings. The average Bonchev–Trinajstić information content (AvgIpc) is 3.35. The predicted molar refractivity (Wildman–Crippen MR) is 149 cm³/mol. The lowest BCUT2D eigenvalue weighted by Gasteiger charge is -2.46. The van der Waals surface area contributed by atoms with Crippen molar-refractivity contribution in [2.75, 3.05) is 39.8 Å². The summed E-state index contributed by atoms with van der Waals surface area (Å²) in [5.41, 5.74) is 0.401. The van der Waals surface area contributed by atoms with Crippen LogP contribution in [0.1, 0.15) is 65.4 Å². The Morgan fingerprint density at radius 1 is 1.08 bits per heavy atom. The Kier molecular flexibility index (Phi) is 9.14. The van der Waals surface area contributed by atoms with Gasteiger partial charge < -0.3 is 10.2 Å². The molecule has 37 heavy (non-hydrogen) atoms. The molecule has 0 radical (unpaired) electrons. The van der Waals surface area contributed by atoms with E-state index in [2.05, 4.69) is 69.1 Å². The quantitative estimate of drug-likeness (QED) is 0.534. The molecule has 1 aromatic carbocycles. The molecule has 3 aliphatic rings. The summed E-state index contributed by atoms with van der Waals surface area (Å²) in [6, 6.07) is 10.1. The van der Waals surface area contributed by atoms with Gasteiger partial charge in [-0.2, -0.15) is 0 Å². The van der Waals surface area contributed by atoms with Crippen molar-refractivity contribution in [2.24, 2.45) is 17.3 Å². The van der Waals surface area contributed by atoms with Crippen LogP contribution in [-0.4, -0.2) is 83.8 Å². The first kappa shape index (κ1) is 29.6. The zero-order chi connectivity index (χ0) is 26.3. The van der Waals surface area contributed by atoms with Gasteiger partial charge in [0.25, 0.3) is 5.91 Å². The molecular formula is C29H45ClN4O3. The Morgan fingerprint density at radius 2 is 1.70 bits per heavy atom. The number of Topliss-reactive ketones (excluding diaryl/α,β-unsaturated/α-hetero) is 1. The predicted octanol–water partition coefficient (Wildman–Crippen LogP) is 4.17. The number of carbonyl (C=O) groups is 3. The molecule has 3 heterocycles. The van der Waals surface area contributed by atoms with Gasteiger partial charge in [-0.3, -0.25) is 19.4 Å². The molecule has 0 aliphatic carbocycles.